The summed E-state index contributed by atoms with van der Waals surface area (Å²) in [7, 11) is 1.97. The second kappa shape index (κ2) is 7.26. The SMILES string of the molecule is Cn1c(SCc2ccc(Cl)c(Cl)c2)nnc1-c1ccc(Br)cc1. The highest BCUT2D eigenvalue weighted by Gasteiger charge is 2.11. The first-order valence-corrected chi connectivity index (χ1v) is 9.30. The van der Waals surface area contributed by atoms with Gasteiger partial charge in [0, 0.05) is 22.8 Å². The molecule has 0 aliphatic rings. The van der Waals surface area contributed by atoms with E-state index in [2.05, 4.69) is 26.1 Å². The Balaban J connectivity index is 1.76. The number of rotatable bonds is 4. The molecule has 0 radical (unpaired) electrons. The van der Waals surface area contributed by atoms with Crippen LogP contribution in [0.15, 0.2) is 52.1 Å². The van der Waals surface area contributed by atoms with Crippen LogP contribution in [0.4, 0.5) is 0 Å². The zero-order chi connectivity index (χ0) is 16.4. The van der Waals surface area contributed by atoms with E-state index in [1.165, 1.54) is 0 Å². The lowest BCUT2D eigenvalue weighted by molar-refractivity contribution is 0.794. The molecular formula is C16H12BrCl2N3S. The quantitative estimate of drug-likeness (QED) is 0.488. The maximum absolute atomic E-state index is 6.05. The Bertz CT molecular complexity index is 834. The molecule has 3 aromatic rings. The zero-order valence-electron chi connectivity index (χ0n) is 12.1. The molecule has 1 aromatic heterocycles. The van der Waals surface area contributed by atoms with Gasteiger partial charge in [0.25, 0.3) is 0 Å². The normalized spacial score (nSPS) is 11.0. The minimum atomic E-state index is 0.566. The van der Waals surface area contributed by atoms with E-state index in [-0.39, 0.29) is 0 Å². The average molecular weight is 429 g/mol. The average Bonchev–Trinajstić information content (AvgIpc) is 2.90. The van der Waals surface area contributed by atoms with Gasteiger partial charge in [0.05, 0.1) is 10.0 Å². The molecule has 0 aliphatic heterocycles. The van der Waals surface area contributed by atoms with Gasteiger partial charge < -0.3 is 4.57 Å². The lowest BCUT2D eigenvalue weighted by Crippen LogP contribution is -1.95. The highest BCUT2D eigenvalue weighted by molar-refractivity contribution is 9.10. The Kier molecular flexibility index (Phi) is 5.31. The van der Waals surface area contributed by atoms with Crippen molar-refractivity contribution >= 4 is 50.9 Å². The number of benzene rings is 2. The summed E-state index contributed by atoms with van der Waals surface area (Å²) in [4.78, 5) is 0. The predicted octanol–water partition coefficient (Wildman–Crippen LogP) is 5.84. The van der Waals surface area contributed by atoms with Gasteiger partial charge in [-0.2, -0.15) is 0 Å². The number of aromatic nitrogens is 3. The molecule has 3 nitrogen and oxygen atoms in total. The monoisotopic (exact) mass is 427 g/mol. The van der Waals surface area contributed by atoms with Crippen LogP contribution in [0.5, 0.6) is 0 Å². The maximum atomic E-state index is 6.05. The van der Waals surface area contributed by atoms with Gasteiger partial charge in [-0.25, -0.2) is 0 Å². The molecule has 118 valence electrons. The first-order chi connectivity index (χ1) is 11.0. The van der Waals surface area contributed by atoms with Crippen molar-refractivity contribution in [1.29, 1.82) is 0 Å². The molecule has 2 aromatic carbocycles. The van der Waals surface area contributed by atoms with Gasteiger partial charge in [-0.1, -0.05) is 69.1 Å². The van der Waals surface area contributed by atoms with Crippen molar-refractivity contribution in [2.45, 2.75) is 10.9 Å². The van der Waals surface area contributed by atoms with Gasteiger partial charge >= 0.3 is 0 Å². The number of thioether (sulfide) groups is 1. The summed E-state index contributed by atoms with van der Waals surface area (Å²) >= 11 is 17.0. The van der Waals surface area contributed by atoms with Gasteiger partial charge in [0.1, 0.15) is 0 Å². The molecule has 0 fully saturated rings. The van der Waals surface area contributed by atoms with Crippen LogP contribution in [-0.2, 0) is 12.8 Å². The van der Waals surface area contributed by atoms with E-state index in [0.717, 1.165) is 32.3 Å². The molecule has 0 saturated carbocycles. The van der Waals surface area contributed by atoms with Crippen molar-refractivity contribution in [3.05, 3.63) is 62.5 Å². The molecule has 0 amide bonds. The van der Waals surface area contributed by atoms with Crippen molar-refractivity contribution in [2.75, 3.05) is 0 Å². The number of hydrogen-bond donors (Lipinski definition) is 0. The second-order valence-electron chi connectivity index (χ2n) is 4.91. The smallest absolute Gasteiger partial charge is 0.191 e. The third-order valence-electron chi connectivity index (χ3n) is 3.29. The van der Waals surface area contributed by atoms with E-state index in [0.29, 0.717) is 10.0 Å². The Morgan fingerprint density at radius 2 is 1.78 bits per heavy atom. The molecule has 1 heterocycles. The van der Waals surface area contributed by atoms with Gasteiger partial charge in [0.15, 0.2) is 11.0 Å². The highest BCUT2D eigenvalue weighted by Crippen LogP contribution is 2.28. The van der Waals surface area contributed by atoms with Crippen LogP contribution < -0.4 is 0 Å². The molecular weight excluding hydrogens is 417 g/mol. The molecule has 0 aliphatic carbocycles. The summed E-state index contributed by atoms with van der Waals surface area (Å²) in [6.45, 7) is 0. The van der Waals surface area contributed by atoms with Gasteiger partial charge in [-0.05, 0) is 29.8 Å². The fraction of sp³-hybridized carbons (Fsp3) is 0.125. The Hall–Kier alpha value is -1.01. The summed E-state index contributed by atoms with van der Waals surface area (Å²) in [5.41, 5.74) is 2.13. The van der Waals surface area contributed by atoms with Crippen LogP contribution in [0.2, 0.25) is 10.0 Å². The van der Waals surface area contributed by atoms with E-state index >= 15 is 0 Å². The molecule has 23 heavy (non-hydrogen) atoms. The van der Waals surface area contributed by atoms with Crippen LogP contribution in [-0.4, -0.2) is 14.8 Å². The number of hydrogen-bond acceptors (Lipinski definition) is 3. The van der Waals surface area contributed by atoms with Crippen molar-refractivity contribution in [3.8, 4) is 11.4 Å². The Morgan fingerprint density at radius 3 is 2.48 bits per heavy atom. The van der Waals surface area contributed by atoms with Crippen molar-refractivity contribution in [3.63, 3.8) is 0 Å². The van der Waals surface area contributed by atoms with E-state index in [1.807, 2.05) is 54.1 Å². The Labute approximate surface area is 157 Å². The topological polar surface area (TPSA) is 30.7 Å². The number of nitrogens with zero attached hydrogens (tertiary/aromatic N) is 3. The van der Waals surface area contributed by atoms with Crippen LogP contribution in [0.25, 0.3) is 11.4 Å². The molecule has 0 atom stereocenters. The summed E-state index contributed by atoms with van der Waals surface area (Å²) in [5.74, 6) is 1.59. The summed E-state index contributed by atoms with van der Waals surface area (Å²) in [5, 5.41) is 10.6. The van der Waals surface area contributed by atoms with Crippen LogP contribution >= 0.6 is 50.9 Å². The first kappa shape index (κ1) is 16.8. The largest absolute Gasteiger partial charge is 0.305 e. The summed E-state index contributed by atoms with van der Waals surface area (Å²) in [6, 6.07) is 13.7. The van der Waals surface area contributed by atoms with Gasteiger partial charge in [-0.3, -0.25) is 0 Å². The lowest BCUT2D eigenvalue weighted by atomic mass is 10.2. The van der Waals surface area contributed by atoms with Gasteiger partial charge in [0.2, 0.25) is 0 Å². The first-order valence-electron chi connectivity index (χ1n) is 6.76. The van der Waals surface area contributed by atoms with Crippen LogP contribution in [0, 0.1) is 0 Å². The molecule has 0 unspecified atom stereocenters. The lowest BCUT2D eigenvalue weighted by Gasteiger charge is -2.05. The van der Waals surface area contributed by atoms with Crippen LogP contribution in [0.1, 0.15) is 5.56 Å². The summed E-state index contributed by atoms with van der Waals surface area (Å²) < 4.78 is 3.03. The molecule has 7 heteroatoms. The Morgan fingerprint density at radius 1 is 1.04 bits per heavy atom. The fourth-order valence-electron chi connectivity index (χ4n) is 2.07. The molecule has 0 bridgehead atoms. The van der Waals surface area contributed by atoms with E-state index in [9.17, 15) is 0 Å². The predicted molar refractivity (Wildman–Crippen MR) is 100 cm³/mol. The minimum absolute atomic E-state index is 0.566. The van der Waals surface area contributed by atoms with Crippen molar-refractivity contribution < 1.29 is 0 Å². The third-order valence-corrected chi connectivity index (χ3v) is 5.65. The summed E-state index contributed by atoms with van der Waals surface area (Å²) in [6.07, 6.45) is 0. The molecule has 3 rings (SSSR count). The number of halogens is 3. The third kappa shape index (κ3) is 3.91. The standard InChI is InChI=1S/C16H12BrCl2N3S/c1-22-15(11-3-5-12(17)6-4-11)20-21-16(22)23-9-10-2-7-13(18)14(19)8-10/h2-8H,9H2,1H3. The van der Waals surface area contributed by atoms with E-state index < -0.39 is 0 Å². The minimum Gasteiger partial charge on any atom is -0.305 e. The van der Waals surface area contributed by atoms with Crippen molar-refractivity contribution in [2.24, 2.45) is 7.05 Å². The van der Waals surface area contributed by atoms with E-state index in [1.54, 1.807) is 11.8 Å². The molecule has 0 N–H and O–H groups in total. The second-order valence-corrected chi connectivity index (χ2v) is 7.58. The molecule has 0 spiro atoms. The van der Waals surface area contributed by atoms with Crippen molar-refractivity contribution in [1.82, 2.24) is 14.8 Å². The maximum Gasteiger partial charge on any atom is 0.191 e. The highest BCUT2D eigenvalue weighted by atomic mass is 79.9. The molecule has 0 saturated heterocycles. The van der Waals surface area contributed by atoms with E-state index in [4.69, 9.17) is 23.2 Å². The fourth-order valence-corrected chi connectivity index (χ4v) is 3.51. The van der Waals surface area contributed by atoms with Crippen LogP contribution in [0.3, 0.4) is 0 Å². The van der Waals surface area contributed by atoms with Gasteiger partial charge in [-0.15, -0.1) is 10.2 Å². The zero-order valence-corrected chi connectivity index (χ0v) is 16.0.